The van der Waals surface area contributed by atoms with Crippen LogP contribution in [0, 0.1) is 10.8 Å². The first-order valence-electron chi connectivity index (χ1n) is 9.38. The molecule has 0 aliphatic carbocycles. The Morgan fingerprint density at radius 3 is 2.33 bits per heavy atom. The molecule has 3 saturated heterocycles. The topological polar surface area (TPSA) is 40.2 Å². The molecule has 1 unspecified atom stereocenters. The fourth-order valence-corrected chi connectivity index (χ4v) is 4.15. The van der Waals surface area contributed by atoms with Crippen LogP contribution in [0.25, 0.3) is 10.6 Å². The summed E-state index contributed by atoms with van der Waals surface area (Å²) in [7, 11) is 0. The quantitative estimate of drug-likeness (QED) is 0.571. The van der Waals surface area contributed by atoms with Crippen LogP contribution >= 0.6 is 11.6 Å². The van der Waals surface area contributed by atoms with E-state index >= 15 is 0 Å². The summed E-state index contributed by atoms with van der Waals surface area (Å²) in [6.45, 7) is 6.86. The summed E-state index contributed by atoms with van der Waals surface area (Å²) in [5.41, 5.74) is 0.840. The van der Waals surface area contributed by atoms with Crippen molar-refractivity contribution in [1.82, 2.24) is 5.32 Å². The van der Waals surface area contributed by atoms with Crippen molar-refractivity contribution in [3.63, 3.8) is 0 Å². The number of hydrogen-bond donors (Lipinski definition) is 1. The number of alkyl halides is 2. The van der Waals surface area contributed by atoms with Crippen molar-refractivity contribution < 1.29 is 41.5 Å². The van der Waals surface area contributed by atoms with Gasteiger partial charge in [-0.25, -0.2) is 8.78 Å². The largest absolute Gasteiger partial charge is 0.657 e. The van der Waals surface area contributed by atoms with E-state index in [1.807, 2.05) is 18.2 Å². The molecule has 3 heterocycles. The van der Waals surface area contributed by atoms with E-state index in [4.69, 9.17) is 11.6 Å². The van der Waals surface area contributed by atoms with Crippen molar-refractivity contribution in [2.24, 2.45) is 10.8 Å². The number of piperidine rings is 2. The molecule has 0 bridgehead atoms. The molecule has 0 amide bonds. The van der Waals surface area contributed by atoms with E-state index in [0.29, 0.717) is 37.5 Å². The normalized spacial score (nSPS) is 27.5. The fraction of sp³-hybridized carbons (Fsp3) is 0.700. The second-order valence-corrected chi connectivity index (χ2v) is 8.91. The van der Waals surface area contributed by atoms with Gasteiger partial charge < -0.3 is 16.0 Å². The van der Waals surface area contributed by atoms with Crippen LogP contribution in [-0.4, -0.2) is 38.6 Å². The predicted molar refractivity (Wildman–Crippen MR) is 103 cm³/mol. The van der Waals surface area contributed by atoms with Crippen LogP contribution in [0.3, 0.4) is 0 Å². The first kappa shape index (κ1) is 23.6. The number of rotatable bonds is 1. The van der Waals surface area contributed by atoms with Gasteiger partial charge in [0.1, 0.15) is 0 Å². The second-order valence-electron chi connectivity index (χ2n) is 8.51. The summed E-state index contributed by atoms with van der Waals surface area (Å²) < 4.78 is 26.3. The average molecular weight is 473 g/mol. The van der Waals surface area contributed by atoms with E-state index < -0.39 is 11.3 Å². The number of nitrogens with one attached hydrogen (secondary N) is 1. The van der Waals surface area contributed by atoms with Gasteiger partial charge >= 0.3 is 0 Å². The summed E-state index contributed by atoms with van der Waals surface area (Å²) >= 11 is 6.19. The molecule has 149 valence electrons. The monoisotopic (exact) mass is 472 g/mol. The van der Waals surface area contributed by atoms with Gasteiger partial charge in [-0.3, -0.25) is 0 Å². The Hall–Kier alpha value is 0.354. The molecule has 1 radical (unpaired) electrons. The van der Waals surface area contributed by atoms with Gasteiger partial charge in [-0.15, -0.1) is 19.1 Å². The predicted octanol–water partition coefficient (Wildman–Crippen LogP) is 5.56. The molecule has 0 aromatic heterocycles. The van der Waals surface area contributed by atoms with Crippen LogP contribution in [-0.2, 0) is 32.7 Å². The Balaban J connectivity index is 0.000000194. The van der Waals surface area contributed by atoms with Gasteiger partial charge in [0.2, 0.25) is 5.92 Å². The van der Waals surface area contributed by atoms with Crippen molar-refractivity contribution in [1.29, 1.82) is 0 Å². The van der Waals surface area contributed by atoms with Gasteiger partial charge in [-0.05, 0) is 17.0 Å². The summed E-state index contributed by atoms with van der Waals surface area (Å²) in [6, 6.07) is 8.35. The standard InChI is InChI=1S/C13H17ClN.C7H11F2N2.Y/c1-13(2)7-8-15-12(9-13)10-5-3-4-6-11(10)14;8-7(9)5-10-2-1-6(7)3-11-4-6;/h3-6,12H,7-9H2,1-2H3;11H,1-5H2;/q2*-1;. The molecule has 27 heavy (non-hydrogen) atoms. The zero-order valence-electron chi connectivity index (χ0n) is 16.1. The van der Waals surface area contributed by atoms with Crippen LogP contribution in [0.1, 0.15) is 44.7 Å². The molecule has 0 saturated carbocycles. The zero-order chi connectivity index (χ0) is 18.8. The Labute approximate surface area is 191 Å². The number of benzene rings is 1. The smallest absolute Gasteiger partial charge is 0.237 e. The van der Waals surface area contributed by atoms with Crippen molar-refractivity contribution in [2.45, 2.75) is 45.1 Å². The minimum absolute atomic E-state index is 0. The van der Waals surface area contributed by atoms with Gasteiger partial charge in [0.05, 0.1) is 5.41 Å². The minimum Gasteiger partial charge on any atom is -0.657 e. The van der Waals surface area contributed by atoms with E-state index in [0.717, 1.165) is 18.0 Å². The van der Waals surface area contributed by atoms with Crippen molar-refractivity contribution in [3.05, 3.63) is 45.5 Å². The summed E-state index contributed by atoms with van der Waals surface area (Å²) in [5, 5.41) is 12.2. The second kappa shape index (κ2) is 9.44. The summed E-state index contributed by atoms with van der Waals surface area (Å²) in [5.74, 6) is -2.56. The SMILES string of the molecule is CC1(C)CC[N-]C(c2ccccc2Cl)C1.FC1(F)C[N-]CCC12CNC2.[Y]. The van der Waals surface area contributed by atoms with Crippen molar-refractivity contribution in [3.8, 4) is 0 Å². The van der Waals surface area contributed by atoms with E-state index in [9.17, 15) is 8.78 Å². The Morgan fingerprint density at radius 1 is 1.11 bits per heavy atom. The third-order valence-corrected chi connectivity index (χ3v) is 6.25. The van der Waals surface area contributed by atoms with Crippen molar-refractivity contribution in [2.75, 3.05) is 32.7 Å². The van der Waals surface area contributed by atoms with Gasteiger partial charge in [0.25, 0.3) is 0 Å². The van der Waals surface area contributed by atoms with Gasteiger partial charge in [0.15, 0.2) is 0 Å². The molecule has 1 spiro atoms. The van der Waals surface area contributed by atoms with Gasteiger partial charge in [-0.2, -0.15) is 0 Å². The van der Waals surface area contributed by atoms with Gasteiger partial charge in [-0.1, -0.05) is 69.5 Å². The van der Waals surface area contributed by atoms with E-state index in [-0.39, 0.29) is 39.3 Å². The molecule has 3 aliphatic heterocycles. The molecule has 3 fully saturated rings. The molecule has 1 aromatic rings. The van der Waals surface area contributed by atoms with Gasteiger partial charge in [0, 0.05) is 50.8 Å². The minimum atomic E-state index is -2.56. The molecular formula is C20H28ClF2N3Y-2. The number of halogens is 3. The maximum absolute atomic E-state index is 13.2. The van der Waals surface area contributed by atoms with E-state index in [1.165, 1.54) is 12.0 Å². The van der Waals surface area contributed by atoms with Crippen LogP contribution in [0.5, 0.6) is 0 Å². The number of hydrogen-bond acceptors (Lipinski definition) is 1. The molecule has 1 N–H and O–H groups in total. The van der Waals surface area contributed by atoms with Crippen LogP contribution in [0.2, 0.25) is 5.02 Å². The third kappa shape index (κ3) is 5.49. The van der Waals surface area contributed by atoms with Crippen LogP contribution in [0.4, 0.5) is 8.78 Å². The molecule has 1 atom stereocenters. The molecule has 3 aliphatic rings. The summed E-state index contributed by atoms with van der Waals surface area (Å²) in [6.07, 6.45) is 2.84. The Morgan fingerprint density at radius 2 is 1.81 bits per heavy atom. The zero-order valence-corrected chi connectivity index (χ0v) is 19.7. The molecule has 3 nitrogen and oxygen atoms in total. The van der Waals surface area contributed by atoms with E-state index in [1.54, 1.807) is 0 Å². The third-order valence-electron chi connectivity index (χ3n) is 5.91. The molecular weight excluding hydrogens is 445 g/mol. The molecule has 7 heteroatoms. The first-order valence-corrected chi connectivity index (χ1v) is 9.75. The molecule has 4 rings (SSSR count). The summed E-state index contributed by atoms with van der Waals surface area (Å²) in [4.78, 5) is 0. The fourth-order valence-electron chi connectivity index (χ4n) is 3.89. The maximum Gasteiger partial charge on any atom is 0.237 e. The van der Waals surface area contributed by atoms with E-state index in [2.05, 4.69) is 35.9 Å². The maximum atomic E-state index is 13.2. The molecule has 1 aromatic carbocycles. The Kier molecular flexibility index (Phi) is 8.27. The Bertz CT molecular complexity index is 623. The average Bonchev–Trinajstić information content (AvgIpc) is 2.53. The van der Waals surface area contributed by atoms with Crippen LogP contribution < -0.4 is 5.32 Å². The first-order chi connectivity index (χ1) is 12.2. The van der Waals surface area contributed by atoms with Crippen molar-refractivity contribution >= 4 is 11.6 Å². The van der Waals surface area contributed by atoms with Crippen LogP contribution in [0.15, 0.2) is 24.3 Å². The number of nitrogens with zero attached hydrogens (tertiary/aromatic N) is 2.